The van der Waals surface area contributed by atoms with Crippen LogP contribution in [-0.4, -0.2) is 14.5 Å². The van der Waals surface area contributed by atoms with Crippen LogP contribution >= 0.6 is 34.8 Å². The summed E-state index contributed by atoms with van der Waals surface area (Å²) in [5.74, 6) is 0.789. The normalized spacial score (nSPS) is 11.2. The van der Waals surface area contributed by atoms with E-state index in [1.54, 1.807) is 24.4 Å². The van der Waals surface area contributed by atoms with Crippen LogP contribution in [0.5, 0.6) is 0 Å². The van der Waals surface area contributed by atoms with Crippen molar-refractivity contribution in [1.29, 1.82) is 0 Å². The molecule has 0 saturated carbocycles. The Bertz CT molecular complexity index is 763. The van der Waals surface area contributed by atoms with Gasteiger partial charge in [-0.15, -0.1) is 0 Å². The molecule has 0 radical (unpaired) electrons. The lowest BCUT2D eigenvalue weighted by molar-refractivity contribution is 0.957. The van der Waals surface area contributed by atoms with Crippen molar-refractivity contribution in [1.82, 2.24) is 14.5 Å². The second-order valence-electron chi connectivity index (χ2n) is 4.12. The number of benzene rings is 1. The second-order valence-corrected chi connectivity index (χ2v) is 5.32. The third-order valence-corrected chi connectivity index (χ3v) is 3.85. The van der Waals surface area contributed by atoms with E-state index < -0.39 is 0 Å². The Kier molecular flexibility index (Phi) is 3.13. The van der Waals surface area contributed by atoms with Crippen molar-refractivity contribution < 1.29 is 0 Å². The molecule has 0 saturated heterocycles. The average Bonchev–Trinajstić information content (AvgIpc) is 2.69. The molecule has 96 valence electrons. The molecule has 0 unspecified atom stereocenters. The van der Waals surface area contributed by atoms with Gasteiger partial charge in [0, 0.05) is 18.8 Å². The van der Waals surface area contributed by atoms with Crippen molar-refractivity contribution in [2.45, 2.75) is 0 Å². The number of hydrogen-bond donors (Lipinski definition) is 0. The number of hydrogen-bond acceptors (Lipinski definition) is 2. The number of imidazole rings is 1. The van der Waals surface area contributed by atoms with Crippen molar-refractivity contribution in [3.63, 3.8) is 0 Å². The number of pyridine rings is 1. The maximum absolute atomic E-state index is 6.03. The highest BCUT2D eigenvalue weighted by Gasteiger charge is 2.12. The van der Waals surface area contributed by atoms with Gasteiger partial charge in [-0.3, -0.25) is 0 Å². The quantitative estimate of drug-likeness (QED) is 0.615. The van der Waals surface area contributed by atoms with Gasteiger partial charge in [0.15, 0.2) is 0 Å². The molecule has 1 aromatic carbocycles. The van der Waals surface area contributed by atoms with E-state index in [-0.39, 0.29) is 0 Å². The summed E-state index contributed by atoms with van der Waals surface area (Å²) in [5.41, 5.74) is 2.59. The number of aryl methyl sites for hydroxylation is 1. The van der Waals surface area contributed by atoms with E-state index in [1.165, 1.54) is 0 Å². The Hall–Kier alpha value is -1.29. The minimum atomic E-state index is 0.452. The van der Waals surface area contributed by atoms with E-state index in [9.17, 15) is 0 Å². The summed E-state index contributed by atoms with van der Waals surface area (Å²) in [5, 5.41) is 1.46. The average molecular weight is 313 g/mol. The Morgan fingerprint density at radius 2 is 1.79 bits per heavy atom. The van der Waals surface area contributed by atoms with Crippen molar-refractivity contribution in [3.8, 4) is 11.4 Å². The van der Waals surface area contributed by atoms with E-state index in [2.05, 4.69) is 9.97 Å². The van der Waals surface area contributed by atoms with Crippen LogP contribution in [0.1, 0.15) is 0 Å². The van der Waals surface area contributed by atoms with E-state index in [0.29, 0.717) is 15.2 Å². The van der Waals surface area contributed by atoms with Crippen LogP contribution in [-0.2, 0) is 7.05 Å². The Morgan fingerprint density at radius 1 is 1.05 bits per heavy atom. The molecule has 0 atom stereocenters. The van der Waals surface area contributed by atoms with Crippen molar-refractivity contribution in [3.05, 3.63) is 45.7 Å². The summed E-state index contributed by atoms with van der Waals surface area (Å²) < 4.78 is 1.95. The van der Waals surface area contributed by atoms with Gasteiger partial charge in [0.25, 0.3) is 0 Å². The largest absolute Gasteiger partial charge is 0.327 e. The zero-order chi connectivity index (χ0) is 13.6. The van der Waals surface area contributed by atoms with Crippen LogP contribution in [0.15, 0.2) is 30.5 Å². The van der Waals surface area contributed by atoms with Crippen LogP contribution in [0.2, 0.25) is 15.2 Å². The predicted octanol–water partition coefficient (Wildman–Crippen LogP) is 4.60. The molecule has 0 aliphatic rings. The molecule has 3 nitrogen and oxygen atoms in total. The van der Waals surface area contributed by atoms with E-state index >= 15 is 0 Å². The van der Waals surface area contributed by atoms with Crippen molar-refractivity contribution in [2.75, 3.05) is 0 Å². The van der Waals surface area contributed by atoms with Gasteiger partial charge in [-0.1, -0.05) is 34.8 Å². The van der Waals surface area contributed by atoms with Gasteiger partial charge in [-0.2, -0.15) is 0 Å². The number of aromatic nitrogens is 3. The summed E-state index contributed by atoms with van der Waals surface area (Å²) in [6.45, 7) is 0. The molecule has 0 amide bonds. The standard InChI is InChI=1S/C13H8Cl3N3/c1-19-11-5-9(15)8(14)4-10(11)18-13(19)7-2-3-12(16)17-6-7/h2-6H,1H3. The molecule has 0 bridgehead atoms. The highest BCUT2D eigenvalue weighted by molar-refractivity contribution is 6.42. The lowest BCUT2D eigenvalue weighted by atomic mass is 10.3. The Morgan fingerprint density at radius 3 is 2.47 bits per heavy atom. The molecule has 0 N–H and O–H groups in total. The second kappa shape index (κ2) is 4.67. The molecule has 2 aromatic heterocycles. The minimum Gasteiger partial charge on any atom is -0.327 e. The molecular formula is C13H8Cl3N3. The first-order valence-electron chi connectivity index (χ1n) is 5.49. The molecule has 0 aliphatic carbocycles. The molecule has 0 aliphatic heterocycles. The highest BCUT2D eigenvalue weighted by atomic mass is 35.5. The fourth-order valence-electron chi connectivity index (χ4n) is 1.95. The van der Waals surface area contributed by atoms with Crippen LogP contribution in [0.25, 0.3) is 22.4 Å². The molecule has 3 rings (SSSR count). The Balaban J connectivity index is 2.25. The smallest absolute Gasteiger partial charge is 0.142 e. The van der Waals surface area contributed by atoms with Gasteiger partial charge in [-0.05, 0) is 24.3 Å². The molecule has 3 aromatic rings. The number of fused-ring (bicyclic) bond motifs is 1. The lowest BCUT2D eigenvalue weighted by Crippen LogP contribution is -1.92. The third-order valence-electron chi connectivity index (χ3n) is 2.91. The SMILES string of the molecule is Cn1c(-c2ccc(Cl)nc2)nc2cc(Cl)c(Cl)cc21. The maximum atomic E-state index is 6.03. The molecule has 2 heterocycles. The minimum absolute atomic E-state index is 0.452. The van der Waals surface area contributed by atoms with E-state index in [1.807, 2.05) is 17.7 Å². The number of rotatable bonds is 1. The van der Waals surface area contributed by atoms with Crippen molar-refractivity contribution in [2.24, 2.45) is 7.05 Å². The van der Waals surface area contributed by atoms with Gasteiger partial charge in [0.05, 0.1) is 21.1 Å². The first kappa shape index (κ1) is 12.7. The molecule has 6 heteroatoms. The maximum Gasteiger partial charge on any atom is 0.142 e. The number of nitrogens with zero attached hydrogens (tertiary/aromatic N) is 3. The third kappa shape index (κ3) is 2.18. The van der Waals surface area contributed by atoms with E-state index in [0.717, 1.165) is 22.4 Å². The topological polar surface area (TPSA) is 30.7 Å². The summed E-state index contributed by atoms with van der Waals surface area (Å²) in [6.07, 6.45) is 1.69. The predicted molar refractivity (Wildman–Crippen MR) is 79.0 cm³/mol. The number of halogens is 3. The zero-order valence-corrected chi connectivity index (χ0v) is 12.1. The first-order valence-corrected chi connectivity index (χ1v) is 6.63. The van der Waals surface area contributed by atoms with Crippen LogP contribution in [0, 0.1) is 0 Å². The van der Waals surface area contributed by atoms with E-state index in [4.69, 9.17) is 34.8 Å². The van der Waals surface area contributed by atoms with Gasteiger partial charge < -0.3 is 4.57 Å². The molecule has 0 fully saturated rings. The van der Waals surface area contributed by atoms with Crippen LogP contribution in [0.4, 0.5) is 0 Å². The first-order chi connectivity index (χ1) is 9.06. The van der Waals surface area contributed by atoms with Crippen LogP contribution in [0.3, 0.4) is 0 Å². The van der Waals surface area contributed by atoms with Crippen molar-refractivity contribution >= 4 is 45.8 Å². The fraction of sp³-hybridized carbons (Fsp3) is 0.0769. The summed E-state index contributed by atoms with van der Waals surface area (Å²) in [6, 6.07) is 7.17. The van der Waals surface area contributed by atoms with Gasteiger partial charge >= 0.3 is 0 Å². The van der Waals surface area contributed by atoms with Gasteiger partial charge in [0.2, 0.25) is 0 Å². The summed E-state index contributed by atoms with van der Waals surface area (Å²) in [7, 11) is 1.92. The fourth-order valence-corrected chi connectivity index (χ4v) is 2.38. The summed E-state index contributed by atoms with van der Waals surface area (Å²) >= 11 is 17.8. The monoisotopic (exact) mass is 311 g/mol. The van der Waals surface area contributed by atoms with Gasteiger partial charge in [-0.25, -0.2) is 9.97 Å². The Labute approximate surface area is 124 Å². The molecule has 0 spiro atoms. The van der Waals surface area contributed by atoms with Crippen LogP contribution < -0.4 is 0 Å². The molecular weight excluding hydrogens is 305 g/mol. The lowest BCUT2D eigenvalue weighted by Gasteiger charge is -2.02. The van der Waals surface area contributed by atoms with Gasteiger partial charge in [0.1, 0.15) is 11.0 Å². The summed E-state index contributed by atoms with van der Waals surface area (Å²) in [4.78, 5) is 8.61. The molecule has 19 heavy (non-hydrogen) atoms. The zero-order valence-electron chi connectivity index (χ0n) is 9.86. The highest BCUT2D eigenvalue weighted by Crippen LogP contribution is 2.30.